The molecule has 0 bridgehead atoms. The number of hydrogen-bond acceptors (Lipinski definition) is 4. The highest BCUT2D eigenvalue weighted by Gasteiger charge is 0.747. The van der Waals surface area contributed by atoms with Crippen molar-refractivity contribution in [2.24, 2.45) is 0 Å². The van der Waals surface area contributed by atoms with Gasteiger partial charge in [0.05, 0.1) is 0 Å². The minimum atomic E-state index is 0. The second-order valence-corrected chi connectivity index (χ2v) is 0. The van der Waals surface area contributed by atoms with Crippen molar-refractivity contribution in [3.63, 3.8) is 0 Å². The summed E-state index contributed by atoms with van der Waals surface area (Å²) in [6.07, 6.45) is 0. The number of rotatable bonds is 0. The second-order valence-electron chi connectivity index (χ2n) is 0. The fraction of sp³-hybridized carbons (Fsp3) is 1.00. The molecule has 0 aromatic heterocycles. The maximum absolute atomic E-state index is 6.00. The summed E-state index contributed by atoms with van der Waals surface area (Å²) in [7, 11) is 0. The third-order valence-electron chi connectivity index (χ3n) is 0. The molecule has 0 aliphatic rings. The van der Waals surface area contributed by atoms with Gasteiger partial charge in [-0.05, 0) is 0 Å². The molecule has 0 saturated carbocycles. The van der Waals surface area contributed by atoms with Gasteiger partial charge in [-0.1, -0.05) is 37.1 Å². The van der Waals surface area contributed by atoms with Gasteiger partial charge in [-0.15, -0.1) is 0 Å². The fourth-order valence-corrected chi connectivity index (χ4v) is 0. The lowest BCUT2D eigenvalue weighted by Gasteiger charge is -1.25. The van der Waals surface area contributed by atoms with Crippen molar-refractivity contribution in [2.75, 3.05) is 0 Å². The minimum absolute atomic E-state index is 0. The summed E-state index contributed by atoms with van der Waals surface area (Å²) >= 11 is 0. The predicted octanol–water partition coefficient (Wildman–Crippen LogP) is 2.39. The second kappa shape index (κ2) is 13400. The Morgan fingerprint density at radius 1 is 0.400 bits per heavy atom. The van der Waals surface area contributed by atoms with E-state index in [0.717, 1.165) is 0 Å². The van der Waals surface area contributed by atoms with Crippen LogP contribution in [0, 0.1) is 0 Å². The average Bonchev–Trinajstić information content (AvgIpc) is 1.50. The molecule has 0 heterocycles. The fourth-order valence-electron chi connectivity index (χ4n) is 0. The Bertz CT molecular complexity index is 10.0. The first-order valence-corrected chi connectivity index (χ1v) is 0.400. The topological polar surface area (TPSA) is 112 Å². The Hall–Kier alpha value is -0.200. The highest BCUT2D eigenvalue weighted by atomic mass is 17.0. The molecule has 0 aliphatic heterocycles. The van der Waals surface area contributed by atoms with Crippen LogP contribution >= 0.6 is 0 Å². The van der Waals surface area contributed by atoms with E-state index in [1.54, 1.807) is 0 Å². The van der Waals surface area contributed by atoms with Gasteiger partial charge in [0.15, 0.2) is 0 Å². The third kappa shape index (κ3) is 9020. The SMILES string of the molecule is C.C.C.C.C.O.OO.OO. The molecule has 0 saturated heterocycles. The van der Waals surface area contributed by atoms with Gasteiger partial charge in [0.2, 0.25) is 0 Å². The van der Waals surface area contributed by atoms with Gasteiger partial charge in [0.25, 0.3) is 0 Å². The highest BCUT2D eigenvalue weighted by Crippen LogP contribution is 0.713. The zero-order chi connectivity index (χ0) is 4.00. The van der Waals surface area contributed by atoms with Gasteiger partial charge < -0.3 is 5.48 Å². The van der Waals surface area contributed by atoms with Crippen LogP contribution in [0.15, 0.2) is 0 Å². The molecule has 0 radical (unpaired) electrons. The smallest absolute Gasteiger partial charge is 0.0776 e. The van der Waals surface area contributed by atoms with Gasteiger partial charge >= 0.3 is 0 Å². The van der Waals surface area contributed by atoms with Crippen LogP contribution in [-0.4, -0.2) is 26.5 Å². The molecule has 10 heavy (non-hydrogen) atoms. The molecule has 0 fully saturated rings. The summed E-state index contributed by atoms with van der Waals surface area (Å²) in [5.41, 5.74) is 0. The van der Waals surface area contributed by atoms with Gasteiger partial charge in [0.1, 0.15) is 0 Å². The molecule has 6 N–H and O–H groups in total. The molecule has 0 atom stereocenters. The molecular weight excluding hydrogens is 140 g/mol. The Balaban J connectivity index is -0.000000000833. The van der Waals surface area contributed by atoms with Crippen LogP contribution in [0.2, 0.25) is 0 Å². The maximum atomic E-state index is 6.00. The van der Waals surface area contributed by atoms with Crippen molar-refractivity contribution in [3.8, 4) is 0 Å². The molecule has 0 rings (SSSR count). The summed E-state index contributed by atoms with van der Waals surface area (Å²) < 4.78 is 0. The highest BCUT2D eigenvalue weighted by molar-refractivity contribution is 2.51. The first kappa shape index (κ1) is 234. The zero-order valence-electron chi connectivity index (χ0n) is 2.29. The van der Waals surface area contributed by atoms with Crippen molar-refractivity contribution < 1.29 is 26.5 Å². The molecule has 0 aromatic rings. The lowest BCUT2D eigenvalue weighted by molar-refractivity contribution is -0.176. The summed E-state index contributed by atoms with van der Waals surface area (Å²) in [4.78, 5) is 0. The van der Waals surface area contributed by atoms with E-state index in [4.69, 9.17) is 21.0 Å². The lowest BCUT2D eigenvalue weighted by atomic mass is 12.0. The normalized spacial score (nSPS) is 1.20. The van der Waals surface area contributed by atoms with E-state index in [0.29, 0.717) is 0 Å². The standard InChI is InChI=1S/5CH4.2H2O2.H2O/c;;;;;2*1-2;/h5*1H4;2*1-2H;1H2. The Labute approximate surface area is 64.8 Å². The summed E-state index contributed by atoms with van der Waals surface area (Å²) in [5, 5.41) is 24.0. The molecule has 0 unspecified atom stereocenters. The summed E-state index contributed by atoms with van der Waals surface area (Å²) in [5.74, 6) is 0. The van der Waals surface area contributed by atoms with Gasteiger partial charge in [0, 0.05) is 0 Å². The Morgan fingerprint density at radius 3 is 0.400 bits per heavy atom. The molecule has 5 heteroatoms. The van der Waals surface area contributed by atoms with Crippen molar-refractivity contribution >= 4 is 0 Å². The Kier molecular flexibility index (Phi) is 314000. The molecule has 5 nitrogen and oxygen atoms in total. The lowest BCUT2D eigenvalue weighted by Crippen LogP contribution is -1.29. The van der Waals surface area contributed by atoms with Crippen molar-refractivity contribution in [2.45, 2.75) is 37.1 Å². The van der Waals surface area contributed by atoms with Gasteiger partial charge in [-0.2, -0.15) is 0 Å². The maximum Gasteiger partial charge on any atom is -0.0776 e. The molecular formula is C5H26O5. The quantitative estimate of drug-likeness (QED) is 0.327. The van der Waals surface area contributed by atoms with Gasteiger partial charge in [-0.25, -0.2) is 0 Å². The summed E-state index contributed by atoms with van der Waals surface area (Å²) in [6, 6.07) is 0. The zero-order valence-corrected chi connectivity index (χ0v) is 2.29. The van der Waals surface area contributed by atoms with Crippen LogP contribution in [0.25, 0.3) is 0 Å². The first-order chi connectivity index (χ1) is 2.00. The largest absolute Gasteiger partial charge is 0.412 e. The van der Waals surface area contributed by atoms with E-state index in [1.807, 2.05) is 0 Å². The van der Waals surface area contributed by atoms with E-state index in [2.05, 4.69) is 0 Å². The molecule has 0 amide bonds. The summed E-state index contributed by atoms with van der Waals surface area (Å²) in [6.45, 7) is 0. The minimum Gasteiger partial charge on any atom is -0.412 e. The average molecular weight is 166 g/mol. The van der Waals surface area contributed by atoms with E-state index < -0.39 is 0 Å². The van der Waals surface area contributed by atoms with Crippen LogP contribution in [0.5, 0.6) is 0 Å². The predicted molar refractivity (Wildman–Crippen MR) is 47.8 cm³/mol. The van der Waals surface area contributed by atoms with Crippen LogP contribution in [0.3, 0.4) is 0 Å². The van der Waals surface area contributed by atoms with E-state index in [1.165, 1.54) is 0 Å². The monoisotopic (exact) mass is 166 g/mol. The van der Waals surface area contributed by atoms with E-state index >= 15 is 0 Å². The van der Waals surface area contributed by atoms with Crippen LogP contribution < -0.4 is 0 Å². The van der Waals surface area contributed by atoms with Crippen molar-refractivity contribution in [3.05, 3.63) is 0 Å². The van der Waals surface area contributed by atoms with Crippen molar-refractivity contribution in [1.29, 1.82) is 0 Å². The molecule has 0 aliphatic carbocycles. The third-order valence-corrected chi connectivity index (χ3v) is 0. The van der Waals surface area contributed by atoms with Crippen molar-refractivity contribution in [1.82, 2.24) is 0 Å². The molecule has 0 spiro atoms. The first-order valence-electron chi connectivity index (χ1n) is 0.400. The van der Waals surface area contributed by atoms with Gasteiger partial charge in [-0.3, -0.25) is 21.0 Å². The van der Waals surface area contributed by atoms with Crippen LogP contribution in [0.4, 0.5) is 0 Å². The Morgan fingerprint density at radius 2 is 0.400 bits per heavy atom. The number of hydrogen-bond donors (Lipinski definition) is 4. The van der Waals surface area contributed by atoms with E-state index in [9.17, 15) is 0 Å². The molecule has 0 aromatic carbocycles. The van der Waals surface area contributed by atoms with E-state index in [-0.39, 0.29) is 42.6 Å². The van der Waals surface area contributed by atoms with Crippen LogP contribution in [0.1, 0.15) is 37.1 Å². The molecule has 76 valence electrons. The van der Waals surface area contributed by atoms with Crippen LogP contribution in [-0.2, 0) is 0 Å².